The third-order valence-electron chi connectivity index (χ3n) is 3.45. The van der Waals surface area contributed by atoms with Crippen molar-refractivity contribution in [1.82, 2.24) is 5.32 Å². The number of nitrogens with one attached hydrogen (secondary N) is 1. The van der Waals surface area contributed by atoms with Crippen LogP contribution in [0.25, 0.3) is 0 Å². The molecule has 0 fully saturated rings. The van der Waals surface area contributed by atoms with Gasteiger partial charge in [0.1, 0.15) is 11.4 Å². The maximum atomic E-state index is 9.64. The van der Waals surface area contributed by atoms with E-state index >= 15 is 0 Å². The molecule has 3 heteroatoms. The largest absolute Gasteiger partial charge is 0.487 e. The minimum atomic E-state index is -0.142. The SMILES string of the molecule is CC(C)CNC(CO)c1cccc2c1OC(C)(C)C2. The highest BCUT2D eigenvalue weighted by Gasteiger charge is 2.33. The van der Waals surface area contributed by atoms with Crippen molar-refractivity contribution in [1.29, 1.82) is 0 Å². The first-order valence-electron chi connectivity index (χ1n) is 7.08. The summed E-state index contributed by atoms with van der Waals surface area (Å²) in [5.41, 5.74) is 2.18. The van der Waals surface area contributed by atoms with Crippen molar-refractivity contribution in [2.75, 3.05) is 13.2 Å². The smallest absolute Gasteiger partial charge is 0.128 e. The van der Waals surface area contributed by atoms with Gasteiger partial charge in [0.05, 0.1) is 12.6 Å². The Morgan fingerprint density at radius 1 is 1.37 bits per heavy atom. The number of aliphatic hydroxyl groups excluding tert-OH is 1. The molecule has 0 saturated carbocycles. The fourth-order valence-electron chi connectivity index (χ4n) is 2.56. The Morgan fingerprint density at radius 2 is 2.11 bits per heavy atom. The van der Waals surface area contributed by atoms with Gasteiger partial charge in [-0.1, -0.05) is 32.0 Å². The van der Waals surface area contributed by atoms with E-state index in [1.807, 2.05) is 0 Å². The molecule has 19 heavy (non-hydrogen) atoms. The second kappa shape index (κ2) is 5.51. The normalized spacial score (nSPS) is 18.2. The van der Waals surface area contributed by atoms with Crippen molar-refractivity contribution in [3.63, 3.8) is 0 Å². The number of aliphatic hydroxyl groups is 1. The lowest BCUT2D eigenvalue weighted by Crippen LogP contribution is -2.29. The van der Waals surface area contributed by atoms with E-state index in [-0.39, 0.29) is 18.2 Å². The quantitative estimate of drug-likeness (QED) is 0.858. The van der Waals surface area contributed by atoms with E-state index in [2.05, 4.69) is 51.2 Å². The monoisotopic (exact) mass is 263 g/mol. The molecule has 1 aromatic carbocycles. The number of hydrogen-bond acceptors (Lipinski definition) is 3. The average molecular weight is 263 g/mol. The second-order valence-electron chi connectivity index (χ2n) is 6.41. The first-order valence-corrected chi connectivity index (χ1v) is 7.08. The molecule has 0 aromatic heterocycles. The number of para-hydroxylation sites is 1. The van der Waals surface area contributed by atoms with Crippen molar-refractivity contribution in [2.45, 2.75) is 45.8 Å². The summed E-state index contributed by atoms with van der Waals surface area (Å²) in [4.78, 5) is 0. The molecule has 106 valence electrons. The van der Waals surface area contributed by atoms with Crippen LogP contribution < -0.4 is 10.1 Å². The summed E-state index contributed by atoms with van der Waals surface area (Å²) in [5.74, 6) is 1.52. The Hall–Kier alpha value is -1.06. The maximum absolute atomic E-state index is 9.64. The van der Waals surface area contributed by atoms with E-state index in [0.29, 0.717) is 5.92 Å². The number of ether oxygens (including phenoxy) is 1. The third kappa shape index (κ3) is 3.28. The minimum absolute atomic E-state index is 0.0498. The topological polar surface area (TPSA) is 41.5 Å². The number of fused-ring (bicyclic) bond motifs is 1. The van der Waals surface area contributed by atoms with Crippen molar-refractivity contribution in [2.24, 2.45) is 5.92 Å². The van der Waals surface area contributed by atoms with E-state index in [0.717, 1.165) is 24.3 Å². The van der Waals surface area contributed by atoms with E-state index in [1.54, 1.807) is 0 Å². The molecule has 0 spiro atoms. The molecule has 1 atom stereocenters. The maximum Gasteiger partial charge on any atom is 0.128 e. The molecule has 0 saturated heterocycles. The van der Waals surface area contributed by atoms with Gasteiger partial charge in [-0.25, -0.2) is 0 Å². The van der Waals surface area contributed by atoms with Crippen molar-refractivity contribution in [3.8, 4) is 5.75 Å². The second-order valence-corrected chi connectivity index (χ2v) is 6.41. The van der Waals surface area contributed by atoms with Crippen LogP contribution in [0.2, 0.25) is 0 Å². The zero-order valence-electron chi connectivity index (χ0n) is 12.4. The van der Waals surface area contributed by atoms with Gasteiger partial charge in [0.15, 0.2) is 0 Å². The minimum Gasteiger partial charge on any atom is -0.487 e. The molecule has 0 radical (unpaired) electrons. The van der Waals surface area contributed by atoms with Gasteiger partial charge in [-0.2, -0.15) is 0 Å². The third-order valence-corrected chi connectivity index (χ3v) is 3.45. The van der Waals surface area contributed by atoms with Crippen LogP contribution in [0.5, 0.6) is 5.75 Å². The van der Waals surface area contributed by atoms with Crippen molar-refractivity contribution >= 4 is 0 Å². The van der Waals surface area contributed by atoms with Crippen LogP contribution in [0.1, 0.15) is 44.9 Å². The lowest BCUT2D eigenvalue weighted by molar-refractivity contribution is 0.134. The summed E-state index contributed by atoms with van der Waals surface area (Å²) in [6, 6.07) is 6.17. The molecule has 1 aromatic rings. The van der Waals surface area contributed by atoms with Crippen LogP contribution in [0.3, 0.4) is 0 Å². The van der Waals surface area contributed by atoms with Gasteiger partial charge in [-0.05, 0) is 31.9 Å². The molecule has 1 unspecified atom stereocenters. The molecule has 0 bridgehead atoms. The lowest BCUT2D eigenvalue weighted by Gasteiger charge is -2.22. The van der Waals surface area contributed by atoms with Crippen molar-refractivity contribution in [3.05, 3.63) is 29.3 Å². The molecule has 2 rings (SSSR count). The Morgan fingerprint density at radius 3 is 2.74 bits per heavy atom. The van der Waals surface area contributed by atoms with Crippen LogP contribution in [0.4, 0.5) is 0 Å². The standard InChI is InChI=1S/C16H25NO2/c1-11(2)9-17-14(10-18)13-7-5-6-12-8-16(3,4)19-15(12)13/h5-7,11,14,17-18H,8-10H2,1-4H3. The number of rotatable bonds is 5. The summed E-state index contributed by atoms with van der Waals surface area (Å²) >= 11 is 0. The van der Waals surface area contributed by atoms with Gasteiger partial charge in [-0.3, -0.25) is 0 Å². The summed E-state index contributed by atoms with van der Waals surface area (Å²) in [5, 5.41) is 13.0. The fraction of sp³-hybridized carbons (Fsp3) is 0.625. The van der Waals surface area contributed by atoms with Gasteiger partial charge < -0.3 is 15.2 Å². The van der Waals surface area contributed by atoms with Gasteiger partial charge in [0.2, 0.25) is 0 Å². The summed E-state index contributed by atoms with van der Waals surface area (Å²) in [7, 11) is 0. The number of hydrogen-bond donors (Lipinski definition) is 2. The Labute approximate surface area is 116 Å². The molecular formula is C16H25NO2. The van der Waals surface area contributed by atoms with Gasteiger partial charge in [0.25, 0.3) is 0 Å². The van der Waals surface area contributed by atoms with Gasteiger partial charge in [0, 0.05) is 12.0 Å². The first-order chi connectivity index (χ1) is 8.93. The van der Waals surface area contributed by atoms with E-state index < -0.39 is 0 Å². The molecule has 0 amide bonds. The lowest BCUT2D eigenvalue weighted by atomic mass is 9.98. The fourth-order valence-corrected chi connectivity index (χ4v) is 2.56. The summed E-state index contributed by atoms with van der Waals surface area (Å²) < 4.78 is 6.06. The van der Waals surface area contributed by atoms with Crippen molar-refractivity contribution < 1.29 is 9.84 Å². The Bertz CT molecular complexity index is 440. The molecule has 2 N–H and O–H groups in total. The highest BCUT2D eigenvalue weighted by Crippen LogP contribution is 2.39. The molecule has 1 heterocycles. The van der Waals surface area contributed by atoms with E-state index in [9.17, 15) is 5.11 Å². The number of benzene rings is 1. The summed E-state index contributed by atoms with van der Waals surface area (Å²) in [6.07, 6.45) is 0.929. The summed E-state index contributed by atoms with van der Waals surface area (Å²) in [6.45, 7) is 9.51. The van der Waals surface area contributed by atoms with E-state index in [1.165, 1.54) is 5.56 Å². The highest BCUT2D eigenvalue weighted by atomic mass is 16.5. The predicted molar refractivity (Wildman–Crippen MR) is 77.5 cm³/mol. The van der Waals surface area contributed by atoms with Crippen LogP contribution in [-0.4, -0.2) is 23.9 Å². The molecule has 0 aliphatic carbocycles. The molecular weight excluding hydrogens is 238 g/mol. The van der Waals surface area contributed by atoms with Gasteiger partial charge >= 0.3 is 0 Å². The highest BCUT2D eigenvalue weighted by molar-refractivity contribution is 5.47. The Balaban J connectivity index is 2.23. The Kier molecular flexibility index (Phi) is 4.16. The first kappa shape index (κ1) is 14.4. The zero-order valence-corrected chi connectivity index (χ0v) is 12.4. The van der Waals surface area contributed by atoms with Crippen LogP contribution in [0.15, 0.2) is 18.2 Å². The van der Waals surface area contributed by atoms with Crippen LogP contribution in [-0.2, 0) is 6.42 Å². The van der Waals surface area contributed by atoms with E-state index in [4.69, 9.17) is 4.74 Å². The van der Waals surface area contributed by atoms with Crippen LogP contribution in [0, 0.1) is 5.92 Å². The molecule has 1 aliphatic heterocycles. The zero-order chi connectivity index (χ0) is 14.0. The van der Waals surface area contributed by atoms with Gasteiger partial charge in [-0.15, -0.1) is 0 Å². The predicted octanol–water partition coefficient (Wildman–Crippen LogP) is 2.68. The van der Waals surface area contributed by atoms with Crippen LogP contribution >= 0.6 is 0 Å². The average Bonchev–Trinajstić information content (AvgIpc) is 2.64. The molecule has 3 nitrogen and oxygen atoms in total. The molecule has 1 aliphatic rings.